The predicted octanol–water partition coefficient (Wildman–Crippen LogP) is -0.467. The van der Waals surface area contributed by atoms with Gasteiger partial charge in [-0.3, -0.25) is 4.57 Å². The van der Waals surface area contributed by atoms with Crippen LogP contribution >= 0.6 is 0 Å². The predicted molar refractivity (Wildman–Crippen MR) is 71.3 cm³/mol. The molecule has 8 nitrogen and oxygen atoms in total. The molecule has 2 aromatic rings. The zero-order valence-corrected chi connectivity index (χ0v) is 11.3. The van der Waals surface area contributed by atoms with Crippen molar-refractivity contribution < 1.29 is 14.9 Å². The fourth-order valence-corrected chi connectivity index (χ4v) is 2.29. The van der Waals surface area contributed by atoms with Gasteiger partial charge in [-0.1, -0.05) is 0 Å². The molecule has 2 N–H and O–H groups in total. The van der Waals surface area contributed by atoms with Gasteiger partial charge in [0, 0.05) is 20.5 Å². The van der Waals surface area contributed by atoms with Gasteiger partial charge in [0.25, 0.3) is 0 Å². The van der Waals surface area contributed by atoms with Gasteiger partial charge in [0.1, 0.15) is 17.8 Å². The maximum absolute atomic E-state index is 9.81. The molecule has 20 heavy (non-hydrogen) atoms. The molecule has 2 aromatic heterocycles. The van der Waals surface area contributed by atoms with Crippen molar-refractivity contribution in [1.29, 1.82) is 0 Å². The van der Waals surface area contributed by atoms with E-state index in [0.29, 0.717) is 23.5 Å². The maximum atomic E-state index is 9.81. The summed E-state index contributed by atoms with van der Waals surface area (Å²) >= 11 is 0. The lowest BCUT2D eigenvalue weighted by Gasteiger charge is -2.14. The molecule has 1 aliphatic heterocycles. The van der Waals surface area contributed by atoms with Crippen LogP contribution in [0.25, 0.3) is 11.2 Å². The van der Waals surface area contributed by atoms with Crippen LogP contribution in [0.15, 0.2) is 12.5 Å². The number of aliphatic hydroxyl groups excluding tert-OH is 2. The van der Waals surface area contributed by atoms with Gasteiger partial charge in [-0.05, 0) is 0 Å². The van der Waals surface area contributed by atoms with Crippen molar-refractivity contribution in [3.8, 4) is 0 Å². The van der Waals surface area contributed by atoms with Gasteiger partial charge in [0.05, 0.1) is 25.2 Å². The monoisotopic (exact) mass is 279 g/mol. The van der Waals surface area contributed by atoms with Crippen LogP contribution in [0.4, 0.5) is 5.95 Å². The average Bonchev–Trinajstić information content (AvgIpc) is 3.00. The third kappa shape index (κ3) is 2.11. The van der Waals surface area contributed by atoms with Crippen LogP contribution in [0.2, 0.25) is 0 Å². The molecule has 0 amide bonds. The Balaban J connectivity index is 1.98. The first-order valence-electron chi connectivity index (χ1n) is 6.41. The molecule has 1 aliphatic rings. The largest absolute Gasteiger partial charge is 0.394 e. The van der Waals surface area contributed by atoms with Crippen molar-refractivity contribution in [3.63, 3.8) is 0 Å². The van der Waals surface area contributed by atoms with Crippen LogP contribution in [0.3, 0.4) is 0 Å². The number of aliphatic hydroxyl groups is 2. The lowest BCUT2D eigenvalue weighted by Crippen LogP contribution is -2.24. The van der Waals surface area contributed by atoms with E-state index >= 15 is 0 Å². The molecular formula is C12H17N5O3. The Morgan fingerprint density at radius 3 is 2.90 bits per heavy atom. The highest BCUT2D eigenvalue weighted by molar-refractivity contribution is 5.71. The molecule has 0 bridgehead atoms. The van der Waals surface area contributed by atoms with Crippen LogP contribution < -0.4 is 4.90 Å². The summed E-state index contributed by atoms with van der Waals surface area (Å²) in [6.45, 7) is -0.206. The summed E-state index contributed by atoms with van der Waals surface area (Å²) in [7, 11) is 3.72. The number of imidazole rings is 1. The molecule has 0 spiro atoms. The van der Waals surface area contributed by atoms with Crippen molar-refractivity contribution in [2.24, 2.45) is 0 Å². The molecule has 1 saturated heterocycles. The van der Waals surface area contributed by atoms with E-state index in [-0.39, 0.29) is 12.8 Å². The van der Waals surface area contributed by atoms with Gasteiger partial charge in [0.2, 0.25) is 5.95 Å². The Morgan fingerprint density at radius 1 is 1.45 bits per heavy atom. The number of nitrogens with zero attached hydrogens (tertiary/aromatic N) is 5. The Bertz CT molecular complexity index is 614. The highest BCUT2D eigenvalue weighted by Crippen LogP contribution is 2.30. The number of aromatic nitrogens is 4. The van der Waals surface area contributed by atoms with E-state index in [1.807, 2.05) is 14.1 Å². The number of rotatable bonds is 3. The van der Waals surface area contributed by atoms with Crippen molar-refractivity contribution in [2.45, 2.75) is 24.9 Å². The van der Waals surface area contributed by atoms with E-state index in [2.05, 4.69) is 15.0 Å². The van der Waals surface area contributed by atoms with Crippen LogP contribution in [0.5, 0.6) is 0 Å². The van der Waals surface area contributed by atoms with Crippen molar-refractivity contribution in [3.05, 3.63) is 12.5 Å². The van der Waals surface area contributed by atoms with E-state index in [4.69, 9.17) is 9.84 Å². The lowest BCUT2D eigenvalue weighted by molar-refractivity contribution is -0.0432. The lowest BCUT2D eigenvalue weighted by atomic mass is 10.2. The fraction of sp³-hybridized carbons (Fsp3) is 0.583. The number of fused-ring (bicyclic) bond motifs is 1. The Morgan fingerprint density at radius 2 is 2.25 bits per heavy atom. The van der Waals surface area contributed by atoms with Crippen molar-refractivity contribution in [2.75, 3.05) is 25.6 Å². The minimum atomic E-state index is -0.683. The summed E-state index contributed by atoms with van der Waals surface area (Å²) in [5, 5.41) is 19.0. The van der Waals surface area contributed by atoms with Gasteiger partial charge >= 0.3 is 0 Å². The standard InChI is InChI=1S/C12H17N5O3/c1-16(2)12-13-4-7-11(15-12)17(6-14-7)10-3-8(19)9(5-18)20-10/h4,6,8-10,18-19H,3,5H2,1-2H3/t8-,9+,10-/m1/s1. The van der Waals surface area contributed by atoms with E-state index < -0.39 is 12.2 Å². The first-order chi connectivity index (χ1) is 9.60. The summed E-state index contributed by atoms with van der Waals surface area (Å²) < 4.78 is 7.39. The van der Waals surface area contributed by atoms with E-state index in [1.54, 1.807) is 22.0 Å². The topological polar surface area (TPSA) is 96.5 Å². The van der Waals surface area contributed by atoms with Gasteiger partial charge in [-0.2, -0.15) is 4.98 Å². The fourth-order valence-electron chi connectivity index (χ4n) is 2.29. The SMILES string of the molecule is CN(C)c1ncc2ncn([C@H]3C[C@@H](O)[C@H](CO)O3)c2n1. The normalized spacial score (nSPS) is 26.3. The van der Waals surface area contributed by atoms with Gasteiger partial charge in [-0.25, -0.2) is 9.97 Å². The molecule has 3 rings (SSSR count). The summed E-state index contributed by atoms with van der Waals surface area (Å²) in [4.78, 5) is 14.7. The number of anilines is 1. The first-order valence-corrected chi connectivity index (χ1v) is 6.41. The Kier molecular flexibility index (Phi) is 3.28. The van der Waals surface area contributed by atoms with Gasteiger partial charge in [0.15, 0.2) is 5.65 Å². The zero-order valence-electron chi connectivity index (χ0n) is 11.3. The zero-order chi connectivity index (χ0) is 14.3. The molecule has 3 atom stereocenters. The van der Waals surface area contributed by atoms with Crippen LogP contribution in [0.1, 0.15) is 12.6 Å². The molecule has 108 valence electrons. The highest BCUT2D eigenvalue weighted by atomic mass is 16.5. The molecule has 8 heteroatoms. The Labute approximate surface area is 115 Å². The van der Waals surface area contributed by atoms with E-state index in [9.17, 15) is 5.11 Å². The van der Waals surface area contributed by atoms with Gasteiger partial charge in [-0.15, -0.1) is 0 Å². The minimum absolute atomic E-state index is 0.206. The molecule has 0 unspecified atom stereocenters. The first kappa shape index (κ1) is 13.2. The summed E-state index contributed by atoms with van der Waals surface area (Å²) in [6.07, 6.45) is 2.05. The molecule has 0 radical (unpaired) electrons. The van der Waals surface area contributed by atoms with Crippen LogP contribution in [-0.4, -0.2) is 62.6 Å². The van der Waals surface area contributed by atoms with E-state index in [0.717, 1.165) is 0 Å². The summed E-state index contributed by atoms with van der Waals surface area (Å²) in [5.74, 6) is 0.580. The van der Waals surface area contributed by atoms with Crippen LogP contribution in [-0.2, 0) is 4.74 Å². The second-order valence-electron chi connectivity index (χ2n) is 5.04. The second kappa shape index (κ2) is 4.97. The van der Waals surface area contributed by atoms with Crippen molar-refractivity contribution in [1.82, 2.24) is 19.5 Å². The maximum Gasteiger partial charge on any atom is 0.226 e. The van der Waals surface area contributed by atoms with Crippen molar-refractivity contribution >= 4 is 17.1 Å². The third-order valence-corrected chi connectivity index (χ3v) is 3.40. The number of hydrogen-bond donors (Lipinski definition) is 2. The molecule has 0 aliphatic carbocycles. The van der Waals surface area contributed by atoms with Gasteiger partial charge < -0.3 is 19.8 Å². The average molecular weight is 279 g/mol. The number of hydrogen-bond acceptors (Lipinski definition) is 7. The Hall–Kier alpha value is -1.77. The second-order valence-corrected chi connectivity index (χ2v) is 5.04. The minimum Gasteiger partial charge on any atom is -0.394 e. The molecule has 0 saturated carbocycles. The summed E-state index contributed by atoms with van der Waals surface area (Å²) in [6, 6.07) is 0. The molecular weight excluding hydrogens is 262 g/mol. The third-order valence-electron chi connectivity index (χ3n) is 3.40. The molecule has 3 heterocycles. The summed E-state index contributed by atoms with van der Waals surface area (Å²) in [5.41, 5.74) is 1.32. The highest BCUT2D eigenvalue weighted by Gasteiger charge is 2.35. The quantitative estimate of drug-likeness (QED) is 0.784. The molecule has 1 fully saturated rings. The molecule has 0 aromatic carbocycles. The van der Waals surface area contributed by atoms with E-state index in [1.165, 1.54) is 0 Å². The number of ether oxygens (including phenoxy) is 1. The smallest absolute Gasteiger partial charge is 0.226 e. The van der Waals surface area contributed by atoms with Crippen LogP contribution in [0, 0.1) is 0 Å².